The van der Waals surface area contributed by atoms with Gasteiger partial charge in [-0.2, -0.15) is 4.98 Å². The lowest BCUT2D eigenvalue weighted by molar-refractivity contribution is 0.0519. The van der Waals surface area contributed by atoms with Crippen molar-refractivity contribution in [3.05, 3.63) is 35.2 Å². The van der Waals surface area contributed by atoms with Crippen molar-refractivity contribution in [1.29, 1.82) is 0 Å². The van der Waals surface area contributed by atoms with Gasteiger partial charge < -0.3 is 19.6 Å². The number of esters is 1. The molecule has 0 aliphatic heterocycles. The number of oxazole rings is 1. The molecule has 0 aliphatic carbocycles. The van der Waals surface area contributed by atoms with Crippen LogP contribution in [0.4, 0.5) is 5.69 Å². The molecule has 2 aromatic rings. The Morgan fingerprint density at radius 2 is 2.10 bits per heavy atom. The fourth-order valence-corrected chi connectivity index (χ4v) is 1.66. The molecular formula is C14H16N2O4. The standard InChI is InChI=1S/C14H16N2O4/c1-4-18-13(17)11-7-19-14(16-11)20-12-6-10(15)8(2)5-9(12)3/h5-7H,4,15H2,1-3H3. The first-order valence-corrected chi connectivity index (χ1v) is 6.18. The Morgan fingerprint density at radius 1 is 1.35 bits per heavy atom. The zero-order valence-electron chi connectivity index (χ0n) is 11.6. The number of carbonyl (C=O) groups is 1. The molecule has 0 bridgehead atoms. The summed E-state index contributed by atoms with van der Waals surface area (Å²) in [5.74, 6) is -0.0170. The highest BCUT2D eigenvalue weighted by Gasteiger charge is 2.15. The molecule has 20 heavy (non-hydrogen) atoms. The molecule has 2 rings (SSSR count). The van der Waals surface area contributed by atoms with Gasteiger partial charge in [0, 0.05) is 11.8 Å². The van der Waals surface area contributed by atoms with Gasteiger partial charge in [0.2, 0.25) is 0 Å². The van der Waals surface area contributed by atoms with Gasteiger partial charge in [0.1, 0.15) is 12.0 Å². The highest BCUT2D eigenvalue weighted by molar-refractivity contribution is 5.86. The number of carbonyl (C=O) groups excluding carboxylic acids is 1. The van der Waals surface area contributed by atoms with E-state index >= 15 is 0 Å². The molecule has 1 aromatic carbocycles. The van der Waals surface area contributed by atoms with Gasteiger partial charge in [-0.15, -0.1) is 0 Å². The Bertz CT molecular complexity index is 634. The summed E-state index contributed by atoms with van der Waals surface area (Å²) < 4.78 is 15.4. The van der Waals surface area contributed by atoms with Crippen LogP contribution in [0.25, 0.3) is 0 Å². The topological polar surface area (TPSA) is 87.6 Å². The molecule has 6 nitrogen and oxygen atoms in total. The largest absolute Gasteiger partial charge is 0.461 e. The van der Waals surface area contributed by atoms with Crippen molar-refractivity contribution in [3.63, 3.8) is 0 Å². The number of aryl methyl sites for hydroxylation is 2. The van der Waals surface area contributed by atoms with Crippen LogP contribution in [-0.2, 0) is 4.74 Å². The van der Waals surface area contributed by atoms with E-state index in [1.807, 2.05) is 19.9 Å². The van der Waals surface area contributed by atoms with Gasteiger partial charge in [0.15, 0.2) is 5.69 Å². The molecule has 106 valence electrons. The number of hydrogen-bond acceptors (Lipinski definition) is 6. The normalized spacial score (nSPS) is 10.3. The predicted octanol–water partition coefficient (Wildman–Crippen LogP) is 2.84. The Hall–Kier alpha value is -2.50. The molecular weight excluding hydrogens is 260 g/mol. The van der Waals surface area contributed by atoms with Gasteiger partial charge in [-0.1, -0.05) is 6.07 Å². The zero-order valence-corrected chi connectivity index (χ0v) is 11.6. The van der Waals surface area contributed by atoms with Gasteiger partial charge in [-0.05, 0) is 31.9 Å². The minimum atomic E-state index is -0.550. The van der Waals surface area contributed by atoms with Crippen LogP contribution < -0.4 is 10.5 Å². The number of hydrogen-bond donors (Lipinski definition) is 1. The average molecular weight is 276 g/mol. The third-order valence-corrected chi connectivity index (χ3v) is 2.73. The van der Waals surface area contributed by atoms with E-state index < -0.39 is 5.97 Å². The third-order valence-electron chi connectivity index (χ3n) is 2.73. The van der Waals surface area contributed by atoms with Crippen LogP contribution in [0.5, 0.6) is 11.8 Å². The van der Waals surface area contributed by atoms with Crippen molar-refractivity contribution in [2.75, 3.05) is 12.3 Å². The molecule has 1 heterocycles. The van der Waals surface area contributed by atoms with Gasteiger partial charge >= 0.3 is 12.0 Å². The molecule has 0 fully saturated rings. The molecule has 0 aliphatic rings. The number of nitrogens with two attached hydrogens (primary N) is 1. The maximum absolute atomic E-state index is 11.5. The molecule has 0 unspecified atom stereocenters. The van der Waals surface area contributed by atoms with Crippen LogP contribution in [-0.4, -0.2) is 17.6 Å². The van der Waals surface area contributed by atoms with Crippen molar-refractivity contribution in [2.45, 2.75) is 20.8 Å². The highest BCUT2D eigenvalue weighted by atomic mass is 16.6. The quantitative estimate of drug-likeness (QED) is 0.682. The van der Waals surface area contributed by atoms with E-state index in [1.165, 1.54) is 6.26 Å². The average Bonchev–Trinajstić information content (AvgIpc) is 2.85. The van der Waals surface area contributed by atoms with Gasteiger partial charge in [-0.3, -0.25) is 0 Å². The number of nitrogen functional groups attached to an aromatic ring is 1. The van der Waals surface area contributed by atoms with Crippen LogP contribution in [0, 0.1) is 13.8 Å². The Morgan fingerprint density at radius 3 is 2.80 bits per heavy atom. The SMILES string of the molecule is CCOC(=O)c1coc(Oc2cc(N)c(C)cc2C)n1. The van der Waals surface area contributed by atoms with Crippen molar-refractivity contribution in [3.8, 4) is 11.8 Å². The molecule has 2 N–H and O–H groups in total. The minimum Gasteiger partial charge on any atom is -0.461 e. The van der Waals surface area contributed by atoms with E-state index in [0.717, 1.165) is 11.1 Å². The van der Waals surface area contributed by atoms with Crippen LogP contribution in [0.1, 0.15) is 28.5 Å². The second-order valence-electron chi connectivity index (χ2n) is 4.30. The van der Waals surface area contributed by atoms with Gasteiger partial charge in [0.05, 0.1) is 6.61 Å². The van der Waals surface area contributed by atoms with E-state index in [-0.39, 0.29) is 18.4 Å². The number of ether oxygens (including phenoxy) is 2. The fraction of sp³-hybridized carbons (Fsp3) is 0.286. The Balaban J connectivity index is 2.19. The van der Waals surface area contributed by atoms with Gasteiger partial charge in [0.25, 0.3) is 0 Å². The molecule has 0 amide bonds. The summed E-state index contributed by atoms with van der Waals surface area (Å²) in [5.41, 5.74) is 8.38. The van der Waals surface area contributed by atoms with E-state index in [9.17, 15) is 4.79 Å². The fourth-order valence-electron chi connectivity index (χ4n) is 1.66. The Kier molecular flexibility index (Phi) is 3.93. The van der Waals surface area contributed by atoms with E-state index in [4.69, 9.17) is 19.6 Å². The second kappa shape index (κ2) is 5.64. The lowest BCUT2D eigenvalue weighted by Gasteiger charge is -2.08. The van der Waals surface area contributed by atoms with Gasteiger partial charge in [-0.25, -0.2) is 4.79 Å². The summed E-state index contributed by atoms with van der Waals surface area (Å²) >= 11 is 0. The Labute approximate surface area is 116 Å². The van der Waals surface area contributed by atoms with Crippen LogP contribution in [0.3, 0.4) is 0 Å². The zero-order chi connectivity index (χ0) is 14.7. The van der Waals surface area contributed by atoms with E-state index in [2.05, 4.69) is 4.98 Å². The molecule has 0 radical (unpaired) electrons. The monoisotopic (exact) mass is 276 g/mol. The first-order valence-electron chi connectivity index (χ1n) is 6.18. The number of anilines is 1. The maximum atomic E-state index is 11.5. The first-order chi connectivity index (χ1) is 9.51. The van der Waals surface area contributed by atoms with Crippen LogP contribution in [0.2, 0.25) is 0 Å². The van der Waals surface area contributed by atoms with E-state index in [0.29, 0.717) is 11.4 Å². The summed E-state index contributed by atoms with van der Waals surface area (Å²) in [5, 5.41) is 0. The summed E-state index contributed by atoms with van der Waals surface area (Å²) in [7, 11) is 0. The molecule has 0 saturated carbocycles. The maximum Gasteiger partial charge on any atom is 0.399 e. The molecule has 1 aromatic heterocycles. The number of benzene rings is 1. The number of aromatic nitrogens is 1. The first kappa shape index (κ1) is 13.9. The summed E-state index contributed by atoms with van der Waals surface area (Å²) in [6, 6.07) is 3.60. The number of nitrogens with zero attached hydrogens (tertiary/aromatic N) is 1. The predicted molar refractivity (Wildman–Crippen MR) is 72.9 cm³/mol. The summed E-state index contributed by atoms with van der Waals surface area (Å²) in [4.78, 5) is 15.4. The number of rotatable bonds is 4. The minimum absolute atomic E-state index is 0.0283. The van der Waals surface area contributed by atoms with E-state index in [1.54, 1.807) is 13.0 Å². The molecule has 0 atom stereocenters. The summed E-state index contributed by atoms with van der Waals surface area (Å²) in [6.07, 6.45) is 1.17. The van der Waals surface area contributed by atoms with Crippen LogP contribution in [0.15, 0.2) is 22.8 Å². The van der Waals surface area contributed by atoms with Crippen LogP contribution >= 0.6 is 0 Å². The van der Waals surface area contributed by atoms with Crippen molar-refractivity contribution in [2.24, 2.45) is 0 Å². The van der Waals surface area contributed by atoms with Crippen molar-refractivity contribution >= 4 is 11.7 Å². The van der Waals surface area contributed by atoms with Crippen molar-refractivity contribution in [1.82, 2.24) is 4.98 Å². The second-order valence-corrected chi connectivity index (χ2v) is 4.30. The molecule has 0 saturated heterocycles. The lowest BCUT2D eigenvalue weighted by atomic mass is 10.1. The molecule has 6 heteroatoms. The molecule has 0 spiro atoms. The lowest BCUT2D eigenvalue weighted by Crippen LogP contribution is -2.04. The summed E-state index contributed by atoms with van der Waals surface area (Å²) in [6.45, 7) is 5.79. The van der Waals surface area contributed by atoms with Crippen molar-refractivity contribution < 1.29 is 18.7 Å². The smallest absolute Gasteiger partial charge is 0.399 e. The third kappa shape index (κ3) is 2.90. The highest BCUT2D eigenvalue weighted by Crippen LogP contribution is 2.28.